The quantitative estimate of drug-likeness (QED) is 0.790. The van der Waals surface area contributed by atoms with E-state index in [0.717, 1.165) is 5.75 Å². The Bertz CT molecular complexity index is 405. The van der Waals surface area contributed by atoms with Gasteiger partial charge in [-0.15, -0.1) is 0 Å². The van der Waals surface area contributed by atoms with Gasteiger partial charge in [-0.25, -0.2) is 0 Å². The van der Waals surface area contributed by atoms with Gasteiger partial charge in [-0.1, -0.05) is 31.7 Å². The topological polar surface area (TPSA) is 41.5 Å². The van der Waals surface area contributed by atoms with E-state index in [9.17, 15) is 5.11 Å². The van der Waals surface area contributed by atoms with Gasteiger partial charge in [-0.05, 0) is 49.9 Å². The average Bonchev–Trinajstić information content (AvgIpc) is 2.70. The van der Waals surface area contributed by atoms with E-state index in [1.165, 1.54) is 49.7 Å². The fourth-order valence-corrected chi connectivity index (χ4v) is 3.05. The van der Waals surface area contributed by atoms with Crippen molar-refractivity contribution < 1.29 is 9.84 Å². The third-order valence-corrected chi connectivity index (χ3v) is 4.13. The van der Waals surface area contributed by atoms with Gasteiger partial charge in [0.05, 0.1) is 0 Å². The van der Waals surface area contributed by atoms with Crippen molar-refractivity contribution in [2.75, 3.05) is 13.2 Å². The Kier molecular flexibility index (Phi) is 6.52. The van der Waals surface area contributed by atoms with Crippen LogP contribution in [0.5, 0.6) is 5.75 Å². The van der Waals surface area contributed by atoms with Gasteiger partial charge < -0.3 is 15.2 Å². The number of hydrogen-bond donors (Lipinski definition) is 2. The molecule has 1 aliphatic carbocycles. The summed E-state index contributed by atoms with van der Waals surface area (Å²) in [6, 6.07) is 6.72. The molecule has 0 amide bonds. The highest BCUT2D eigenvalue weighted by Crippen LogP contribution is 2.18. The van der Waals surface area contributed by atoms with Crippen LogP contribution in [0.1, 0.15) is 49.7 Å². The molecule has 0 bridgehead atoms. The highest BCUT2D eigenvalue weighted by atomic mass is 16.5. The molecule has 3 nitrogen and oxygen atoms in total. The van der Waals surface area contributed by atoms with Crippen molar-refractivity contribution in [3.05, 3.63) is 29.3 Å². The Hall–Kier alpha value is -1.06. The fourth-order valence-electron chi connectivity index (χ4n) is 3.05. The van der Waals surface area contributed by atoms with Crippen molar-refractivity contribution in [1.29, 1.82) is 0 Å². The Morgan fingerprint density at radius 1 is 1.10 bits per heavy atom. The summed E-state index contributed by atoms with van der Waals surface area (Å²) in [5.41, 5.74) is 2.38. The smallest absolute Gasteiger partial charge is 0.119 e. The summed E-state index contributed by atoms with van der Waals surface area (Å²) in [5, 5.41) is 13.6. The van der Waals surface area contributed by atoms with Crippen molar-refractivity contribution in [1.82, 2.24) is 5.32 Å². The first-order valence-corrected chi connectivity index (χ1v) is 8.26. The third-order valence-electron chi connectivity index (χ3n) is 4.13. The molecule has 0 radical (unpaired) electrons. The van der Waals surface area contributed by atoms with Gasteiger partial charge in [-0.2, -0.15) is 0 Å². The Morgan fingerprint density at radius 2 is 1.71 bits per heavy atom. The summed E-state index contributed by atoms with van der Waals surface area (Å²) < 4.78 is 5.70. The van der Waals surface area contributed by atoms with E-state index in [1.54, 1.807) is 0 Å². The van der Waals surface area contributed by atoms with Crippen molar-refractivity contribution >= 4 is 0 Å². The van der Waals surface area contributed by atoms with Crippen LogP contribution in [0.4, 0.5) is 0 Å². The predicted octanol–water partition coefficient (Wildman–Crippen LogP) is 3.36. The summed E-state index contributed by atoms with van der Waals surface area (Å²) in [7, 11) is 0. The molecule has 0 aliphatic heterocycles. The van der Waals surface area contributed by atoms with E-state index in [0.29, 0.717) is 19.2 Å². The first-order valence-electron chi connectivity index (χ1n) is 8.26. The number of aliphatic hydroxyl groups is 1. The molecule has 1 saturated carbocycles. The molecular weight excluding hydrogens is 262 g/mol. The zero-order valence-corrected chi connectivity index (χ0v) is 13.4. The minimum atomic E-state index is -0.450. The summed E-state index contributed by atoms with van der Waals surface area (Å²) in [4.78, 5) is 0. The van der Waals surface area contributed by atoms with Crippen LogP contribution in [0.3, 0.4) is 0 Å². The zero-order valence-electron chi connectivity index (χ0n) is 13.4. The lowest BCUT2D eigenvalue weighted by atomic mass is 10.1. The predicted molar refractivity (Wildman–Crippen MR) is 86.9 cm³/mol. The molecule has 0 saturated heterocycles. The standard InChI is InChI=1S/C18H29NO2/c1-14-9-15(2)11-18(10-14)21-13-17(20)12-19-16-7-5-3-4-6-8-16/h9-11,16-17,19-20H,3-8,12-13H2,1-2H3. The molecule has 1 aromatic rings. The lowest BCUT2D eigenvalue weighted by molar-refractivity contribution is 0.103. The van der Waals surface area contributed by atoms with Gasteiger partial charge in [-0.3, -0.25) is 0 Å². The molecule has 3 heteroatoms. The fraction of sp³-hybridized carbons (Fsp3) is 0.667. The van der Waals surface area contributed by atoms with Crippen molar-refractivity contribution in [2.24, 2.45) is 0 Å². The maximum atomic E-state index is 10.1. The Labute approximate surface area is 128 Å². The van der Waals surface area contributed by atoms with Crippen LogP contribution in [0.2, 0.25) is 0 Å². The van der Waals surface area contributed by atoms with Crippen LogP contribution in [0.25, 0.3) is 0 Å². The zero-order chi connectivity index (χ0) is 15.1. The molecular formula is C18H29NO2. The summed E-state index contributed by atoms with van der Waals surface area (Å²) >= 11 is 0. The molecule has 1 atom stereocenters. The normalized spacial score (nSPS) is 18.2. The second-order valence-corrected chi connectivity index (χ2v) is 6.38. The summed E-state index contributed by atoms with van der Waals surface area (Å²) in [5.74, 6) is 0.848. The summed E-state index contributed by atoms with van der Waals surface area (Å²) in [6.07, 6.45) is 7.37. The van der Waals surface area contributed by atoms with E-state index in [1.807, 2.05) is 12.1 Å². The van der Waals surface area contributed by atoms with Gasteiger partial charge in [0, 0.05) is 12.6 Å². The van der Waals surface area contributed by atoms with Crippen molar-refractivity contribution in [3.63, 3.8) is 0 Å². The largest absolute Gasteiger partial charge is 0.491 e. The molecule has 2 N–H and O–H groups in total. The molecule has 0 heterocycles. The molecule has 1 aromatic carbocycles. The number of nitrogens with one attached hydrogen (secondary N) is 1. The van der Waals surface area contributed by atoms with E-state index < -0.39 is 6.10 Å². The van der Waals surface area contributed by atoms with Crippen molar-refractivity contribution in [2.45, 2.75) is 64.5 Å². The van der Waals surface area contributed by atoms with Crippen LogP contribution in [0.15, 0.2) is 18.2 Å². The first kappa shape index (κ1) is 16.3. The molecule has 1 unspecified atom stereocenters. The van der Waals surface area contributed by atoms with Gasteiger partial charge in [0.2, 0.25) is 0 Å². The number of benzene rings is 1. The van der Waals surface area contributed by atoms with Crippen LogP contribution < -0.4 is 10.1 Å². The number of rotatable bonds is 6. The van der Waals surface area contributed by atoms with Crippen LogP contribution in [-0.2, 0) is 0 Å². The van der Waals surface area contributed by atoms with E-state index >= 15 is 0 Å². The monoisotopic (exact) mass is 291 g/mol. The molecule has 21 heavy (non-hydrogen) atoms. The van der Waals surface area contributed by atoms with E-state index in [-0.39, 0.29) is 0 Å². The lowest BCUT2D eigenvalue weighted by Crippen LogP contribution is -2.37. The maximum Gasteiger partial charge on any atom is 0.119 e. The van der Waals surface area contributed by atoms with E-state index in [4.69, 9.17) is 4.74 Å². The molecule has 2 rings (SSSR count). The van der Waals surface area contributed by atoms with Crippen LogP contribution in [-0.4, -0.2) is 30.4 Å². The van der Waals surface area contributed by atoms with Gasteiger partial charge >= 0.3 is 0 Å². The van der Waals surface area contributed by atoms with Gasteiger partial charge in [0.1, 0.15) is 18.5 Å². The highest BCUT2D eigenvalue weighted by Gasteiger charge is 2.13. The summed E-state index contributed by atoms with van der Waals surface area (Å²) in [6.45, 7) is 5.09. The number of aryl methyl sites for hydroxylation is 2. The molecule has 1 fully saturated rings. The van der Waals surface area contributed by atoms with Crippen molar-refractivity contribution in [3.8, 4) is 5.75 Å². The number of hydrogen-bond acceptors (Lipinski definition) is 3. The minimum absolute atomic E-state index is 0.350. The highest BCUT2D eigenvalue weighted by molar-refractivity contribution is 5.32. The molecule has 1 aliphatic rings. The average molecular weight is 291 g/mol. The Balaban J connectivity index is 1.70. The van der Waals surface area contributed by atoms with E-state index in [2.05, 4.69) is 25.2 Å². The van der Waals surface area contributed by atoms with Crippen LogP contribution >= 0.6 is 0 Å². The third kappa shape index (κ3) is 6.06. The maximum absolute atomic E-state index is 10.1. The molecule has 118 valence electrons. The molecule has 0 aromatic heterocycles. The number of ether oxygens (including phenoxy) is 1. The van der Waals surface area contributed by atoms with Gasteiger partial charge in [0.25, 0.3) is 0 Å². The lowest BCUT2D eigenvalue weighted by Gasteiger charge is -2.19. The first-order chi connectivity index (χ1) is 10.1. The second kappa shape index (κ2) is 8.40. The van der Waals surface area contributed by atoms with Crippen LogP contribution in [0, 0.1) is 13.8 Å². The SMILES string of the molecule is Cc1cc(C)cc(OCC(O)CNC2CCCCCC2)c1. The Morgan fingerprint density at radius 3 is 2.33 bits per heavy atom. The van der Waals surface area contributed by atoms with Gasteiger partial charge in [0.15, 0.2) is 0 Å². The minimum Gasteiger partial charge on any atom is -0.491 e. The molecule has 0 spiro atoms. The number of aliphatic hydroxyl groups excluding tert-OH is 1. The second-order valence-electron chi connectivity index (χ2n) is 6.38.